The van der Waals surface area contributed by atoms with E-state index < -0.39 is 5.41 Å². The first-order valence-corrected chi connectivity index (χ1v) is 7.59. The monoisotopic (exact) mass is 295 g/mol. The standard InChI is InChI=1S/C15H22ClN3O/c1-11-6-9-18-13(16)12(11)19-14(20)15(10-17)7-4-2-3-5-8-15/h6,9H,2-5,7-8,10,17H2,1H3,(H,19,20). The summed E-state index contributed by atoms with van der Waals surface area (Å²) < 4.78 is 0. The van der Waals surface area contributed by atoms with Gasteiger partial charge in [0.25, 0.3) is 0 Å². The molecule has 5 heteroatoms. The van der Waals surface area contributed by atoms with Gasteiger partial charge in [-0.15, -0.1) is 0 Å². The highest BCUT2D eigenvalue weighted by Gasteiger charge is 2.37. The quantitative estimate of drug-likeness (QED) is 0.664. The molecule has 2 rings (SSSR count). The van der Waals surface area contributed by atoms with Gasteiger partial charge in [-0.3, -0.25) is 4.79 Å². The van der Waals surface area contributed by atoms with E-state index in [1.54, 1.807) is 6.20 Å². The van der Waals surface area contributed by atoms with E-state index in [0.717, 1.165) is 31.2 Å². The average Bonchev–Trinajstić information content (AvgIpc) is 2.69. The van der Waals surface area contributed by atoms with Crippen LogP contribution in [0.2, 0.25) is 5.15 Å². The maximum Gasteiger partial charge on any atom is 0.231 e. The Bertz CT molecular complexity index is 462. The Hall–Kier alpha value is -1.13. The van der Waals surface area contributed by atoms with Gasteiger partial charge in [-0.25, -0.2) is 4.98 Å². The van der Waals surface area contributed by atoms with Gasteiger partial charge in [-0.2, -0.15) is 0 Å². The normalized spacial score (nSPS) is 18.4. The largest absolute Gasteiger partial charge is 0.329 e. The number of nitrogens with zero attached hydrogens (tertiary/aromatic N) is 1. The molecule has 0 bridgehead atoms. The van der Waals surface area contributed by atoms with Gasteiger partial charge in [-0.05, 0) is 31.4 Å². The van der Waals surface area contributed by atoms with E-state index in [2.05, 4.69) is 10.3 Å². The Morgan fingerprint density at radius 3 is 2.60 bits per heavy atom. The Kier molecular flexibility index (Phi) is 5.00. The number of nitrogens with two attached hydrogens (primary N) is 1. The second-order valence-electron chi connectivity index (χ2n) is 5.65. The summed E-state index contributed by atoms with van der Waals surface area (Å²) in [5.74, 6) is -0.0140. The summed E-state index contributed by atoms with van der Waals surface area (Å²) in [6.07, 6.45) is 7.83. The Morgan fingerprint density at radius 1 is 1.40 bits per heavy atom. The fraction of sp³-hybridized carbons (Fsp3) is 0.600. The van der Waals surface area contributed by atoms with Gasteiger partial charge in [0, 0.05) is 12.7 Å². The molecule has 1 aromatic heterocycles. The molecular formula is C15H22ClN3O. The lowest BCUT2D eigenvalue weighted by atomic mass is 9.79. The summed E-state index contributed by atoms with van der Waals surface area (Å²) in [5, 5.41) is 3.29. The van der Waals surface area contributed by atoms with Crippen molar-refractivity contribution in [1.29, 1.82) is 0 Å². The van der Waals surface area contributed by atoms with E-state index in [1.807, 2.05) is 13.0 Å². The third-order valence-corrected chi connectivity index (χ3v) is 4.57. The smallest absolute Gasteiger partial charge is 0.231 e. The van der Waals surface area contributed by atoms with Gasteiger partial charge in [0.15, 0.2) is 5.15 Å². The molecule has 0 spiro atoms. The molecule has 0 aliphatic heterocycles. The minimum Gasteiger partial charge on any atom is -0.329 e. The van der Waals surface area contributed by atoms with E-state index in [0.29, 0.717) is 17.4 Å². The van der Waals surface area contributed by atoms with E-state index in [1.165, 1.54) is 12.8 Å². The number of carbonyl (C=O) groups excluding carboxylic acids is 1. The number of anilines is 1. The molecule has 0 radical (unpaired) electrons. The van der Waals surface area contributed by atoms with Gasteiger partial charge >= 0.3 is 0 Å². The molecule has 1 aliphatic rings. The van der Waals surface area contributed by atoms with Gasteiger partial charge in [0.1, 0.15) is 0 Å². The molecule has 110 valence electrons. The summed E-state index contributed by atoms with van der Waals surface area (Å²) in [7, 11) is 0. The highest BCUT2D eigenvalue weighted by atomic mass is 35.5. The summed E-state index contributed by atoms with van der Waals surface area (Å²) in [5.41, 5.74) is 7.00. The van der Waals surface area contributed by atoms with Crippen LogP contribution in [0.3, 0.4) is 0 Å². The first-order chi connectivity index (χ1) is 9.59. The molecule has 0 atom stereocenters. The van der Waals surface area contributed by atoms with Crippen molar-refractivity contribution in [2.24, 2.45) is 11.1 Å². The van der Waals surface area contributed by atoms with Gasteiger partial charge in [0.2, 0.25) is 5.91 Å². The number of halogens is 1. The number of carbonyl (C=O) groups is 1. The molecule has 0 aromatic carbocycles. The number of hydrogen-bond donors (Lipinski definition) is 2. The lowest BCUT2D eigenvalue weighted by molar-refractivity contribution is -0.125. The van der Waals surface area contributed by atoms with Crippen LogP contribution in [0.5, 0.6) is 0 Å². The highest BCUT2D eigenvalue weighted by molar-refractivity contribution is 6.32. The zero-order valence-corrected chi connectivity index (χ0v) is 12.7. The average molecular weight is 296 g/mol. The number of rotatable bonds is 3. The van der Waals surface area contributed by atoms with Crippen molar-refractivity contribution in [2.75, 3.05) is 11.9 Å². The molecule has 3 N–H and O–H groups in total. The van der Waals surface area contributed by atoms with Crippen molar-refractivity contribution < 1.29 is 4.79 Å². The van der Waals surface area contributed by atoms with Gasteiger partial charge in [0.05, 0.1) is 11.1 Å². The molecule has 1 aromatic rings. The Balaban J connectivity index is 2.21. The topological polar surface area (TPSA) is 68.0 Å². The third kappa shape index (κ3) is 3.13. The van der Waals surface area contributed by atoms with E-state index in [4.69, 9.17) is 17.3 Å². The van der Waals surface area contributed by atoms with Gasteiger partial charge < -0.3 is 11.1 Å². The summed E-state index contributed by atoms with van der Waals surface area (Å²) in [4.78, 5) is 16.7. The van der Waals surface area contributed by atoms with Crippen LogP contribution >= 0.6 is 11.6 Å². The second-order valence-corrected chi connectivity index (χ2v) is 6.00. The lowest BCUT2D eigenvalue weighted by Crippen LogP contribution is -2.42. The fourth-order valence-electron chi connectivity index (χ4n) is 2.85. The molecule has 0 saturated heterocycles. The third-order valence-electron chi connectivity index (χ3n) is 4.28. The number of pyridine rings is 1. The minimum atomic E-state index is -0.456. The molecule has 20 heavy (non-hydrogen) atoms. The van der Waals surface area contributed by atoms with Crippen LogP contribution in [0.1, 0.15) is 44.1 Å². The predicted octanol–water partition coefficient (Wildman–Crippen LogP) is 3.28. The van der Waals surface area contributed by atoms with Crippen LogP contribution in [0, 0.1) is 12.3 Å². The van der Waals surface area contributed by atoms with Crippen molar-refractivity contribution in [1.82, 2.24) is 4.98 Å². The number of aromatic nitrogens is 1. The molecule has 4 nitrogen and oxygen atoms in total. The second kappa shape index (κ2) is 6.55. The molecule has 1 heterocycles. The van der Waals surface area contributed by atoms with E-state index in [9.17, 15) is 4.79 Å². The number of hydrogen-bond acceptors (Lipinski definition) is 3. The summed E-state index contributed by atoms with van der Waals surface area (Å²) in [6, 6.07) is 1.84. The maximum absolute atomic E-state index is 12.7. The zero-order chi connectivity index (χ0) is 14.6. The minimum absolute atomic E-state index is 0.0140. The number of nitrogens with one attached hydrogen (secondary N) is 1. The molecule has 1 aliphatic carbocycles. The SMILES string of the molecule is Cc1ccnc(Cl)c1NC(=O)C1(CN)CCCCCC1. The summed E-state index contributed by atoms with van der Waals surface area (Å²) >= 11 is 6.08. The Morgan fingerprint density at radius 2 is 2.05 bits per heavy atom. The Labute approximate surface area is 125 Å². The molecule has 1 fully saturated rings. The number of aryl methyl sites for hydroxylation is 1. The van der Waals surface area contributed by atoms with Crippen molar-refractivity contribution in [3.05, 3.63) is 23.0 Å². The van der Waals surface area contributed by atoms with E-state index >= 15 is 0 Å². The van der Waals surface area contributed by atoms with Crippen molar-refractivity contribution in [3.8, 4) is 0 Å². The number of amides is 1. The zero-order valence-electron chi connectivity index (χ0n) is 11.9. The molecule has 1 saturated carbocycles. The van der Waals surface area contributed by atoms with Crippen LogP contribution in [0.15, 0.2) is 12.3 Å². The first-order valence-electron chi connectivity index (χ1n) is 7.22. The van der Waals surface area contributed by atoms with Crippen LogP contribution in [-0.4, -0.2) is 17.4 Å². The lowest BCUT2D eigenvalue weighted by Gasteiger charge is -2.30. The molecule has 0 unspecified atom stereocenters. The van der Waals surface area contributed by atoms with Crippen molar-refractivity contribution in [3.63, 3.8) is 0 Å². The highest BCUT2D eigenvalue weighted by Crippen LogP contribution is 2.36. The van der Waals surface area contributed by atoms with Crippen LogP contribution in [0.25, 0.3) is 0 Å². The summed E-state index contributed by atoms with van der Waals surface area (Å²) in [6.45, 7) is 2.29. The predicted molar refractivity (Wildman–Crippen MR) is 81.8 cm³/mol. The fourth-order valence-corrected chi connectivity index (χ4v) is 3.10. The van der Waals surface area contributed by atoms with Crippen LogP contribution in [0.4, 0.5) is 5.69 Å². The van der Waals surface area contributed by atoms with Gasteiger partial charge in [-0.1, -0.05) is 37.3 Å². The van der Waals surface area contributed by atoms with Crippen molar-refractivity contribution in [2.45, 2.75) is 45.4 Å². The molecule has 1 amide bonds. The van der Waals surface area contributed by atoms with Crippen LogP contribution in [-0.2, 0) is 4.79 Å². The van der Waals surface area contributed by atoms with Crippen LogP contribution < -0.4 is 11.1 Å². The first kappa shape index (κ1) is 15.3. The van der Waals surface area contributed by atoms with E-state index in [-0.39, 0.29) is 5.91 Å². The van der Waals surface area contributed by atoms with Crippen molar-refractivity contribution >= 4 is 23.2 Å². The maximum atomic E-state index is 12.7. The molecular weight excluding hydrogens is 274 g/mol.